The van der Waals surface area contributed by atoms with Crippen LogP contribution in [0.5, 0.6) is 0 Å². The third-order valence-electron chi connectivity index (χ3n) is 2.12. The fourth-order valence-electron chi connectivity index (χ4n) is 1.29. The number of nitrogens with one attached hydrogen (secondary N) is 1. The maximum atomic E-state index is 11.7. The van der Waals surface area contributed by atoms with Crippen LogP contribution >= 0.6 is 27.3 Å². The second-order valence-corrected chi connectivity index (χ2v) is 4.90. The molecule has 7 heteroatoms. The van der Waals surface area contributed by atoms with Crippen LogP contribution in [0.4, 0.5) is 5.69 Å². The molecule has 1 amide bonds. The summed E-state index contributed by atoms with van der Waals surface area (Å²) >= 11 is 4.45. The number of thiazole rings is 1. The number of carboxylic acid groups (broad SMARTS) is 1. The van der Waals surface area contributed by atoms with Gasteiger partial charge in [-0.15, -0.1) is 11.3 Å². The number of amides is 1. The molecule has 0 aliphatic heterocycles. The van der Waals surface area contributed by atoms with Gasteiger partial charge in [-0.2, -0.15) is 0 Å². The molecule has 0 saturated heterocycles. The van der Waals surface area contributed by atoms with Crippen LogP contribution in [0.2, 0.25) is 0 Å². The molecule has 0 radical (unpaired) electrons. The number of nitrogens with zero attached hydrogens (tertiary/aromatic N) is 1. The van der Waals surface area contributed by atoms with Crippen LogP contribution in [0.3, 0.4) is 0 Å². The Labute approximate surface area is 115 Å². The van der Waals surface area contributed by atoms with E-state index >= 15 is 0 Å². The van der Waals surface area contributed by atoms with Crippen molar-refractivity contribution in [3.63, 3.8) is 0 Å². The molecule has 0 saturated carbocycles. The highest BCUT2D eigenvalue weighted by atomic mass is 79.9. The lowest BCUT2D eigenvalue weighted by atomic mass is 10.2. The average Bonchev–Trinajstić information content (AvgIpc) is 2.85. The molecule has 0 fully saturated rings. The number of rotatable bonds is 3. The Morgan fingerprint density at radius 1 is 1.39 bits per heavy atom. The van der Waals surface area contributed by atoms with E-state index in [0.29, 0.717) is 15.9 Å². The first-order valence-electron chi connectivity index (χ1n) is 4.80. The zero-order valence-electron chi connectivity index (χ0n) is 8.88. The fourth-order valence-corrected chi connectivity index (χ4v) is 2.24. The summed E-state index contributed by atoms with van der Waals surface area (Å²) in [5.41, 5.74) is 2.36. The molecule has 0 spiro atoms. The lowest BCUT2D eigenvalue weighted by Crippen LogP contribution is -2.12. The SMILES string of the molecule is O=C(Nc1ccc(Br)c(C(=O)O)c1)c1cscn1. The van der Waals surface area contributed by atoms with Gasteiger partial charge in [0.15, 0.2) is 0 Å². The third-order valence-corrected chi connectivity index (χ3v) is 3.40. The summed E-state index contributed by atoms with van der Waals surface area (Å²) in [6.07, 6.45) is 0. The predicted molar refractivity (Wildman–Crippen MR) is 71.2 cm³/mol. The van der Waals surface area contributed by atoms with E-state index in [1.807, 2.05) is 0 Å². The Kier molecular flexibility index (Phi) is 3.73. The van der Waals surface area contributed by atoms with E-state index in [9.17, 15) is 9.59 Å². The van der Waals surface area contributed by atoms with Crippen LogP contribution in [0.25, 0.3) is 0 Å². The van der Waals surface area contributed by atoms with Crippen molar-refractivity contribution < 1.29 is 14.7 Å². The van der Waals surface area contributed by atoms with Crippen molar-refractivity contribution in [2.24, 2.45) is 0 Å². The summed E-state index contributed by atoms with van der Waals surface area (Å²) in [7, 11) is 0. The highest BCUT2D eigenvalue weighted by Gasteiger charge is 2.12. The first-order valence-corrected chi connectivity index (χ1v) is 6.54. The van der Waals surface area contributed by atoms with E-state index in [4.69, 9.17) is 5.11 Å². The smallest absolute Gasteiger partial charge is 0.336 e. The number of carbonyl (C=O) groups is 2. The quantitative estimate of drug-likeness (QED) is 0.908. The molecule has 5 nitrogen and oxygen atoms in total. The van der Waals surface area contributed by atoms with Gasteiger partial charge in [-0.05, 0) is 34.1 Å². The number of anilines is 1. The van der Waals surface area contributed by atoms with Crippen molar-refractivity contribution >= 4 is 44.8 Å². The lowest BCUT2D eigenvalue weighted by Gasteiger charge is -2.05. The van der Waals surface area contributed by atoms with Gasteiger partial charge in [-0.1, -0.05) is 0 Å². The van der Waals surface area contributed by atoms with Crippen molar-refractivity contribution in [2.45, 2.75) is 0 Å². The topological polar surface area (TPSA) is 79.3 Å². The number of halogens is 1. The zero-order chi connectivity index (χ0) is 13.1. The Morgan fingerprint density at radius 3 is 2.78 bits per heavy atom. The van der Waals surface area contributed by atoms with E-state index in [1.54, 1.807) is 23.0 Å². The largest absolute Gasteiger partial charge is 0.478 e. The molecular formula is C11H7BrN2O3S. The molecular weight excluding hydrogens is 320 g/mol. The molecule has 92 valence electrons. The van der Waals surface area contributed by atoms with Gasteiger partial charge in [0, 0.05) is 15.5 Å². The molecule has 1 aromatic carbocycles. The Hall–Kier alpha value is -1.73. The maximum Gasteiger partial charge on any atom is 0.336 e. The van der Waals surface area contributed by atoms with Crippen LogP contribution in [-0.4, -0.2) is 22.0 Å². The Bertz CT molecular complexity index is 598. The number of carboxylic acids is 1. The highest BCUT2D eigenvalue weighted by molar-refractivity contribution is 9.10. The molecule has 0 atom stereocenters. The fraction of sp³-hybridized carbons (Fsp3) is 0. The first-order chi connectivity index (χ1) is 8.58. The number of carbonyl (C=O) groups excluding carboxylic acids is 1. The van der Waals surface area contributed by atoms with Gasteiger partial charge in [-0.25, -0.2) is 9.78 Å². The normalized spacial score (nSPS) is 10.1. The zero-order valence-corrected chi connectivity index (χ0v) is 11.3. The lowest BCUT2D eigenvalue weighted by molar-refractivity contribution is 0.0695. The van der Waals surface area contributed by atoms with E-state index in [2.05, 4.69) is 26.2 Å². The molecule has 0 bridgehead atoms. The second kappa shape index (κ2) is 5.28. The Balaban J connectivity index is 2.22. The van der Waals surface area contributed by atoms with E-state index in [-0.39, 0.29) is 11.5 Å². The summed E-state index contributed by atoms with van der Waals surface area (Å²) < 4.78 is 0.460. The number of hydrogen-bond acceptors (Lipinski definition) is 4. The van der Waals surface area contributed by atoms with E-state index in [1.165, 1.54) is 17.4 Å². The van der Waals surface area contributed by atoms with E-state index < -0.39 is 5.97 Å². The van der Waals surface area contributed by atoms with Crippen LogP contribution < -0.4 is 5.32 Å². The van der Waals surface area contributed by atoms with Gasteiger partial charge < -0.3 is 10.4 Å². The highest BCUT2D eigenvalue weighted by Crippen LogP contribution is 2.21. The summed E-state index contributed by atoms with van der Waals surface area (Å²) in [6, 6.07) is 4.57. The standard InChI is InChI=1S/C11H7BrN2O3S/c12-8-2-1-6(3-7(8)11(16)17)14-10(15)9-4-18-5-13-9/h1-5H,(H,14,15)(H,16,17). The summed E-state index contributed by atoms with van der Waals surface area (Å²) in [5.74, 6) is -1.43. The van der Waals surface area contributed by atoms with Gasteiger partial charge in [0.05, 0.1) is 11.1 Å². The second-order valence-electron chi connectivity index (χ2n) is 3.33. The van der Waals surface area contributed by atoms with Crippen LogP contribution in [0, 0.1) is 0 Å². The summed E-state index contributed by atoms with van der Waals surface area (Å²) in [6.45, 7) is 0. The molecule has 0 aliphatic carbocycles. The van der Waals surface area contributed by atoms with Crippen LogP contribution in [0.15, 0.2) is 33.6 Å². The first kappa shape index (κ1) is 12.7. The van der Waals surface area contributed by atoms with Crippen LogP contribution in [0.1, 0.15) is 20.8 Å². The summed E-state index contributed by atoms with van der Waals surface area (Å²) in [4.78, 5) is 26.5. The average molecular weight is 327 g/mol. The molecule has 2 N–H and O–H groups in total. The minimum absolute atomic E-state index is 0.0890. The number of benzene rings is 1. The van der Waals surface area contributed by atoms with E-state index in [0.717, 1.165) is 0 Å². The number of aromatic carboxylic acids is 1. The monoisotopic (exact) mass is 326 g/mol. The number of hydrogen-bond donors (Lipinski definition) is 2. The van der Waals surface area contributed by atoms with Crippen molar-refractivity contribution in [3.05, 3.63) is 44.8 Å². The molecule has 18 heavy (non-hydrogen) atoms. The van der Waals surface area contributed by atoms with Crippen molar-refractivity contribution in [3.8, 4) is 0 Å². The van der Waals surface area contributed by atoms with Crippen molar-refractivity contribution in [1.82, 2.24) is 4.98 Å². The molecule has 2 rings (SSSR count). The van der Waals surface area contributed by atoms with Gasteiger partial charge in [0.25, 0.3) is 5.91 Å². The van der Waals surface area contributed by atoms with Crippen molar-refractivity contribution in [1.29, 1.82) is 0 Å². The number of aromatic nitrogens is 1. The molecule has 0 unspecified atom stereocenters. The molecule has 0 aliphatic rings. The minimum Gasteiger partial charge on any atom is -0.478 e. The van der Waals surface area contributed by atoms with Crippen molar-refractivity contribution in [2.75, 3.05) is 5.32 Å². The predicted octanol–water partition coefficient (Wildman–Crippen LogP) is 2.86. The van der Waals surface area contributed by atoms with Gasteiger partial charge in [-0.3, -0.25) is 4.79 Å². The summed E-state index contributed by atoms with van der Waals surface area (Å²) in [5, 5.41) is 13.2. The van der Waals surface area contributed by atoms with Gasteiger partial charge in [0.2, 0.25) is 0 Å². The van der Waals surface area contributed by atoms with Gasteiger partial charge >= 0.3 is 5.97 Å². The minimum atomic E-state index is -1.06. The van der Waals surface area contributed by atoms with Gasteiger partial charge in [0.1, 0.15) is 5.69 Å². The molecule has 1 aromatic heterocycles. The Morgan fingerprint density at radius 2 is 2.17 bits per heavy atom. The molecule has 2 aromatic rings. The third kappa shape index (κ3) is 2.74. The van der Waals surface area contributed by atoms with Crippen LogP contribution in [-0.2, 0) is 0 Å². The maximum absolute atomic E-state index is 11.7. The molecule has 1 heterocycles.